The average molecular weight is 294 g/mol. The third-order valence-electron chi connectivity index (χ3n) is 4.10. The molecule has 0 spiro atoms. The van der Waals surface area contributed by atoms with E-state index in [0.29, 0.717) is 19.0 Å². The minimum atomic E-state index is -0.166. The Hall–Kier alpha value is -1.56. The lowest BCUT2D eigenvalue weighted by Gasteiger charge is -2.22. The highest BCUT2D eigenvalue weighted by Crippen LogP contribution is 2.36. The number of aliphatic hydroxyl groups is 1. The van der Waals surface area contributed by atoms with Crippen LogP contribution in [0.2, 0.25) is 0 Å². The van der Waals surface area contributed by atoms with Gasteiger partial charge < -0.3 is 10.0 Å². The number of aromatic nitrogens is 2. The van der Waals surface area contributed by atoms with Crippen LogP contribution in [0, 0.1) is 0 Å². The quantitative estimate of drug-likeness (QED) is 0.810. The van der Waals surface area contributed by atoms with Crippen molar-refractivity contribution in [3.8, 4) is 0 Å². The number of nitrogens with one attached hydrogen (secondary N) is 1. The first-order valence-electron chi connectivity index (χ1n) is 7.86. The predicted molar refractivity (Wildman–Crippen MR) is 82.4 cm³/mol. The molecule has 0 radical (unpaired) electrons. The van der Waals surface area contributed by atoms with Crippen LogP contribution in [0.3, 0.4) is 0 Å². The van der Waals surface area contributed by atoms with Gasteiger partial charge in [0, 0.05) is 32.1 Å². The highest BCUT2D eigenvalue weighted by molar-refractivity contribution is 5.88. The number of anilines is 1. The van der Waals surface area contributed by atoms with Crippen molar-refractivity contribution in [3.05, 3.63) is 11.8 Å². The summed E-state index contributed by atoms with van der Waals surface area (Å²) in [6.45, 7) is 3.09. The maximum absolute atomic E-state index is 12.3. The van der Waals surface area contributed by atoms with E-state index in [4.69, 9.17) is 5.11 Å². The molecule has 6 heteroatoms. The third-order valence-corrected chi connectivity index (χ3v) is 4.10. The molecule has 0 aliphatic heterocycles. The number of hydrogen-bond acceptors (Lipinski definition) is 3. The van der Waals surface area contributed by atoms with Crippen molar-refractivity contribution in [3.63, 3.8) is 0 Å². The molecule has 0 aromatic carbocycles. The Balaban J connectivity index is 1.97. The minimum Gasteiger partial charge on any atom is -0.395 e. The Bertz CT molecular complexity index is 468. The summed E-state index contributed by atoms with van der Waals surface area (Å²) in [5.41, 5.74) is 1.07. The molecule has 118 valence electrons. The monoisotopic (exact) mass is 294 g/mol. The second-order valence-electron chi connectivity index (χ2n) is 5.70. The fourth-order valence-corrected chi connectivity index (χ4v) is 2.48. The molecule has 1 aromatic rings. The second-order valence-corrected chi connectivity index (χ2v) is 5.70. The summed E-state index contributed by atoms with van der Waals surface area (Å²) in [7, 11) is 1.85. The molecule has 0 saturated heterocycles. The lowest BCUT2D eigenvalue weighted by molar-refractivity contribution is 0.187. The number of unbranched alkanes of at least 4 members (excludes halogenated alkanes) is 1. The topological polar surface area (TPSA) is 70.4 Å². The van der Waals surface area contributed by atoms with E-state index in [9.17, 15) is 4.79 Å². The summed E-state index contributed by atoms with van der Waals surface area (Å²) in [5.74, 6) is 1.27. The maximum Gasteiger partial charge on any atom is 0.323 e. The molecule has 0 atom stereocenters. The Morgan fingerprint density at radius 2 is 2.29 bits per heavy atom. The van der Waals surface area contributed by atoms with Crippen LogP contribution in [0.25, 0.3) is 0 Å². The number of carbonyl (C=O) groups is 1. The molecule has 1 aliphatic rings. The first-order valence-corrected chi connectivity index (χ1v) is 7.86. The van der Waals surface area contributed by atoms with Crippen LogP contribution in [-0.2, 0) is 7.05 Å². The smallest absolute Gasteiger partial charge is 0.323 e. The van der Waals surface area contributed by atoms with Crippen LogP contribution in [0.4, 0.5) is 10.6 Å². The molecule has 1 fully saturated rings. The molecular weight excluding hydrogens is 268 g/mol. The second kappa shape index (κ2) is 7.45. The zero-order chi connectivity index (χ0) is 15.2. The number of aryl methyl sites for hydroxylation is 1. The van der Waals surface area contributed by atoms with Crippen LogP contribution in [0.1, 0.15) is 50.6 Å². The van der Waals surface area contributed by atoms with E-state index in [-0.39, 0.29) is 12.6 Å². The molecule has 1 heterocycles. The first kappa shape index (κ1) is 15.8. The van der Waals surface area contributed by atoms with Crippen LogP contribution in [-0.4, -0.2) is 45.5 Å². The van der Waals surface area contributed by atoms with Gasteiger partial charge in [0.25, 0.3) is 0 Å². The highest BCUT2D eigenvalue weighted by atomic mass is 16.3. The van der Waals surface area contributed by atoms with E-state index < -0.39 is 0 Å². The van der Waals surface area contributed by atoms with Crippen molar-refractivity contribution in [2.24, 2.45) is 7.05 Å². The number of urea groups is 1. The van der Waals surface area contributed by atoms with Crippen LogP contribution < -0.4 is 5.32 Å². The van der Waals surface area contributed by atoms with Gasteiger partial charge in [0.1, 0.15) is 5.82 Å². The van der Waals surface area contributed by atoms with Crippen molar-refractivity contribution in [1.82, 2.24) is 14.7 Å². The Labute approximate surface area is 126 Å². The van der Waals surface area contributed by atoms with Gasteiger partial charge in [-0.15, -0.1) is 0 Å². The predicted octanol–water partition coefficient (Wildman–Crippen LogP) is 2.31. The van der Waals surface area contributed by atoms with Crippen LogP contribution >= 0.6 is 0 Å². The van der Waals surface area contributed by atoms with Gasteiger partial charge in [-0.2, -0.15) is 5.10 Å². The van der Waals surface area contributed by atoms with Crippen LogP contribution in [0.15, 0.2) is 6.07 Å². The molecule has 6 nitrogen and oxygen atoms in total. The van der Waals surface area contributed by atoms with Gasteiger partial charge in [0.05, 0.1) is 12.3 Å². The molecular formula is C15H26N4O2. The SMILES string of the molecule is CCCCN(CCO)C(=O)Nc1cc(C2CCC2)nn1C. The number of aliphatic hydroxyl groups excluding tert-OH is 1. The van der Waals surface area contributed by atoms with Gasteiger partial charge in [-0.3, -0.25) is 10.00 Å². The van der Waals surface area contributed by atoms with E-state index in [1.807, 2.05) is 13.1 Å². The van der Waals surface area contributed by atoms with E-state index in [1.54, 1.807) is 9.58 Å². The summed E-state index contributed by atoms with van der Waals surface area (Å²) in [6.07, 6.45) is 5.61. The van der Waals surface area contributed by atoms with E-state index in [1.165, 1.54) is 19.3 Å². The number of nitrogens with zero attached hydrogens (tertiary/aromatic N) is 3. The molecule has 1 saturated carbocycles. The zero-order valence-electron chi connectivity index (χ0n) is 13.0. The molecule has 1 aliphatic carbocycles. The summed E-state index contributed by atoms with van der Waals surface area (Å²) in [4.78, 5) is 13.9. The van der Waals surface area contributed by atoms with Gasteiger partial charge in [0.15, 0.2) is 0 Å². The van der Waals surface area contributed by atoms with Gasteiger partial charge in [-0.1, -0.05) is 19.8 Å². The van der Waals surface area contributed by atoms with E-state index in [0.717, 1.165) is 24.4 Å². The Morgan fingerprint density at radius 3 is 2.86 bits per heavy atom. The fraction of sp³-hybridized carbons (Fsp3) is 0.733. The standard InChI is InChI=1S/C15H26N4O2/c1-3-4-8-19(9-10-20)15(21)16-14-11-13(17-18(14)2)12-6-5-7-12/h11-12,20H,3-10H2,1-2H3,(H,16,21). The fourth-order valence-electron chi connectivity index (χ4n) is 2.48. The minimum absolute atomic E-state index is 0.0180. The molecule has 2 rings (SSSR count). The average Bonchev–Trinajstić information content (AvgIpc) is 2.73. The Morgan fingerprint density at radius 1 is 1.52 bits per heavy atom. The summed E-state index contributed by atoms with van der Waals surface area (Å²) < 4.78 is 1.72. The van der Waals surface area contributed by atoms with Crippen molar-refractivity contribution >= 4 is 11.8 Å². The van der Waals surface area contributed by atoms with E-state index in [2.05, 4.69) is 17.3 Å². The van der Waals surface area contributed by atoms with Gasteiger partial charge in [-0.25, -0.2) is 4.79 Å². The number of hydrogen-bond donors (Lipinski definition) is 2. The number of amides is 2. The number of carbonyl (C=O) groups excluding carboxylic acids is 1. The molecule has 1 aromatic heterocycles. The molecule has 0 unspecified atom stereocenters. The normalized spacial score (nSPS) is 14.8. The molecule has 2 amide bonds. The van der Waals surface area contributed by atoms with Crippen molar-refractivity contribution < 1.29 is 9.90 Å². The van der Waals surface area contributed by atoms with Gasteiger partial charge >= 0.3 is 6.03 Å². The third kappa shape index (κ3) is 3.97. The summed E-state index contributed by atoms with van der Waals surface area (Å²) in [6, 6.07) is 1.80. The van der Waals surface area contributed by atoms with Crippen molar-refractivity contribution in [1.29, 1.82) is 0 Å². The largest absolute Gasteiger partial charge is 0.395 e. The summed E-state index contributed by atoms with van der Waals surface area (Å²) in [5, 5.41) is 16.5. The highest BCUT2D eigenvalue weighted by Gasteiger charge is 2.23. The van der Waals surface area contributed by atoms with Gasteiger partial charge in [0.2, 0.25) is 0 Å². The van der Waals surface area contributed by atoms with Gasteiger partial charge in [-0.05, 0) is 19.3 Å². The van der Waals surface area contributed by atoms with Crippen molar-refractivity contribution in [2.75, 3.05) is 25.0 Å². The lowest BCUT2D eigenvalue weighted by atomic mass is 9.83. The first-order chi connectivity index (χ1) is 10.2. The molecule has 0 bridgehead atoms. The zero-order valence-corrected chi connectivity index (χ0v) is 13.0. The molecule has 2 N–H and O–H groups in total. The summed E-state index contributed by atoms with van der Waals surface area (Å²) >= 11 is 0. The Kier molecular flexibility index (Phi) is 5.61. The van der Waals surface area contributed by atoms with Crippen molar-refractivity contribution in [2.45, 2.75) is 44.9 Å². The van der Waals surface area contributed by atoms with E-state index >= 15 is 0 Å². The molecule has 21 heavy (non-hydrogen) atoms. The lowest BCUT2D eigenvalue weighted by Crippen LogP contribution is -2.38. The van der Waals surface area contributed by atoms with Crippen LogP contribution in [0.5, 0.6) is 0 Å². The maximum atomic E-state index is 12.3. The number of rotatable bonds is 7.